The normalized spacial score (nSPS) is 12.3. The van der Waals surface area contributed by atoms with E-state index in [0.29, 0.717) is 20.3 Å². The summed E-state index contributed by atoms with van der Waals surface area (Å²) in [6.07, 6.45) is 2.51. The molecular formula is C13H13Br2NO4. The summed E-state index contributed by atoms with van der Waals surface area (Å²) in [5, 5.41) is 8.59. The summed E-state index contributed by atoms with van der Waals surface area (Å²) in [6, 6.07) is 3.43. The van der Waals surface area contributed by atoms with Gasteiger partial charge in [0, 0.05) is 6.08 Å². The van der Waals surface area contributed by atoms with Crippen LogP contribution in [0.5, 0.6) is 5.75 Å². The Kier molecular flexibility index (Phi) is 6.22. The highest BCUT2D eigenvalue weighted by Crippen LogP contribution is 2.35. The number of carboxylic acids is 1. The Morgan fingerprint density at radius 3 is 2.40 bits per heavy atom. The van der Waals surface area contributed by atoms with Crippen molar-refractivity contribution >= 4 is 49.8 Å². The number of nitrogens with two attached hydrogens (primary N) is 1. The highest BCUT2D eigenvalue weighted by Gasteiger charge is 2.13. The Morgan fingerprint density at radius 1 is 1.40 bits per heavy atom. The van der Waals surface area contributed by atoms with Crippen molar-refractivity contribution in [1.29, 1.82) is 0 Å². The molecule has 1 amide bonds. The van der Waals surface area contributed by atoms with E-state index in [2.05, 4.69) is 31.9 Å². The molecule has 108 valence electrons. The average Bonchev–Trinajstić information content (AvgIpc) is 2.34. The van der Waals surface area contributed by atoms with Gasteiger partial charge in [0.05, 0.1) is 21.5 Å². The van der Waals surface area contributed by atoms with Gasteiger partial charge in [-0.2, -0.15) is 0 Å². The molecule has 0 saturated carbocycles. The Hall–Kier alpha value is -1.34. The van der Waals surface area contributed by atoms with E-state index in [4.69, 9.17) is 15.6 Å². The van der Waals surface area contributed by atoms with Gasteiger partial charge in [-0.1, -0.05) is 6.92 Å². The molecule has 0 radical (unpaired) electrons. The second-order valence-corrected chi connectivity index (χ2v) is 5.81. The molecule has 20 heavy (non-hydrogen) atoms. The summed E-state index contributed by atoms with van der Waals surface area (Å²) in [5.74, 6) is -1.32. The number of carboxylic acid groups (broad SMARTS) is 1. The predicted octanol–water partition coefficient (Wildman–Crippen LogP) is 2.81. The molecule has 0 heterocycles. The van der Waals surface area contributed by atoms with E-state index in [0.717, 1.165) is 6.08 Å². The fraction of sp³-hybridized carbons (Fsp3) is 0.231. The summed E-state index contributed by atoms with van der Waals surface area (Å²) in [5.41, 5.74) is 5.86. The summed E-state index contributed by atoms with van der Waals surface area (Å²) >= 11 is 6.68. The zero-order chi connectivity index (χ0) is 15.3. The van der Waals surface area contributed by atoms with E-state index in [1.54, 1.807) is 19.1 Å². The van der Waals surface area contributed by atoms with E-state index in [9.17, 15) is 9.59 Å². The zero-order valence-electron chi connectivity index (χ0n) is 10.6. The van der Waals surface area contributed by atoms with Crippen LogP contribution in [0.25, 0.3) is 6.08 Å². The number of rotatable bonds is 6. The maximum atomic E-state index is 10.9. The van der Waals surface area contributed by atoms with Crippen LogP contribution in [0.4, 0.5) is 0 Å². The predicted molar refractivity (Wildman–Crippen MR) is 82.4 cm³/mol. The standard InChI is InChI=1S/C13H13Br2NO4/c1-7(13(16)19)6-20-12-9(14)4-8(5-10(12)15)2-3-11(17)18/h2-5,7H,6H2,1H3,(H2,16,19)(H,17,18)/b3-2+. The fourth-order valence-electron chi connectivity index (χ4n) is 1.27. The third-order valence-electron chi connectivity index (χ3n) is 2.40. The molecule has 0 bridgehead atoms. The third-order valence-corrected chi connectivity index (χ3v) is 3.58. The number of amides is 1. The number of primary amides is 1. The maximum absolute atomic E-state index is 10.9. The van der Waals surface area contributed by atoms with Crippen molar-refractivity contribution in [3.63, 3.8) is 0 Å². The van der Waals surface area contributed by atoms with Crippen LogP contribution in [0.3, 0.4) is 0 Å². The van der Waals surface area contributed by atoms with Crippen LogP contribution in [-0.4, -0.2) is 23.6 Å². The molecule has 0 saturated heterocycles. The largest absolute Gasteiger partial charge is 0.490 e. The second-order valence-electron chi connectivity index (χ2n) is 4.10. The van der Waals surface area contributed by atoms with Gasteiger partial charge in [-0.3, -0.25) is 4.79 Å². The van der Waals surface area contributed by atoms with Crippen molar-refractivity contribution in [1.82, 2.24) is 0 Å². The summed E-state index contributed by atoms with van der Waals surface area (Å²) in [7, 11) is 0. The van der Waals surface area contributed by atoms with E-state index in [1.807, 2.05) is 0 Å². The van der Waals surface area contributed by atoms with Crippen molar-refractivity contribution in [2.75, 3.05) is 6.61 Å². The number of hydrogen-bond acceptors (Lipinski definition) is 3. The van der Waals surface area contributed by atoms with Crippen LogP contribution in [0.2, 0.25) is 0 Å². The molecule has 3 N–H and O–H groups in total. The minimum atomic E-state index is -1.02. The smallest absolute Gasteiger partial charge is 0.328 e. The molecule has 0 aromatic heterocycles. The Labute approximate surface area is 133 Å². The van der Waals surface area contributed by atoms with Crippen molar-refractivity contribution in [3.05, 3.63) is 32.7 Å². The number of benzene rings is 1. The number of aliphatic carboxylic acids is 1. The molecule has 1 aromatic rings. The Morgan fingerprint density at radius 2 is 1.95 bits per heavy atom. The third kappa shape index (κ3) is 4.97. The molecule has 0 fully saturated rings. The molecule has 1 rings (SSSR count). The first kappa shape index (κ1) is 16.7. The van der Waals surface area contributed by atoms with E-state index < -0.39 is 17.8 Å². The highest BCUT2D eigenvalue weighted by molar-refractivity contribution is 9.11. The van der Waals surface area contributed by atoms with Crippen molar-refractivity contribution in [2.24, 2.45) is 11.7 Å². The Balaban J connectivity index is 2.89. The number of halogens is 2. The van der Waals surface area contributed by atoms with Gasteiger partial charge >= 0.3 is 5.97 Å². The summed E-state index contributed by atoms with van der Waals surface area (Å²) < 4.78 is 6.83. The lowest BCUT2D eigenvalue weighted by Crippen LogP contribution is -2.25. The average molecular weight is 407 g/mol. The first-order chi connectivity index (χ1) is 9.31. The van der Waals surface area contributed by atoms with Gasteiger partial charge in [-0.05, 0) is 55.6 Å². The molecule has 5 nitrogen and oxygen atoms in total. The van der Waals surface area contributed by atoms with Gasteiger partial charge in [-0.25, -0.2) is 4.79 Å². The van der Waals surface area contributed by atoms with E-state index in [-0.39, 0.29) is 6.61 Å². The number of carbonyl (C=O) groups excluding carboxylic acids is 1. The molecule has 0 aliphatic rings. The van der Waals surface area contributed by atoms with Gasteiger partial charge in [-0.15, -0.1) is 0 Å². The topological polar surface area (TPSA) is 89.6 Å². The van der Waals surface area contributed by atoms with Crippen LogP contribution < -0.4 is 10.5 Å². The van der Waals surface area contributed by atoms with Gasteiger partial charge in [0.25, 0.3) is 0 Å². The minimum absolute atomic E-state index is 0.164. The Bertz CT molecular complexity index is 534. The number of carbonyl (C=O) groups is 2. The molecule has 0 spiro atoms. The second kappa shape index (κ2) is 7.44. The number of ether oxygens (including phenoxy) is 1. The van der Waals surface area contributed by atoms with Gasteiger partial charge in [0.15, 0.2) is 0 Å². The fourth-order valence-corrected chi connectivity index (χ4v) is 2.72. The lowest BCUT2D eigenvalue weighted by molar-refractivity contribution is -0.131. The first-order valence-corrected chi connectivity index (χ1v) is 7.22. The van der Waals surface area contributed by atoms with Crippen LogP contribution in [-0.2, 0) is 9.59 Å². The lowest BCUT2D eigenvalue weighted by atomic mass is 10.2. The minimum Gasteiger partial charge on any atom is -0.490 e. The van der Waals surface area contributed by atoms with Crippen LogP contribution in [0, 0.1) is 5.92 Å². The quantitative estimate of drug-likeness (QED) is 0.710. The van der Waals surface area contributed by atoms with E-state index in [1.165, 1.54) is 6.08 Å². The molecule has 1 atom stereocenters. The first-order valence-electron chi connectivity index (χ1n) is 5.63. The molecule has 0 aliphatic carbocycles. The molecule has 1 aromatic carbocycles. The van der Waals surface area contributed by atoms with Crippen LogP contribution >= 0.6 is 31.9 Å². The molecule has 0 aliphatic heterocycles. The summed E-state index contributed by atoms with van der Waals surface area (Å²) in [4.78, 5) is 21.4. The maximum Gasteiger partial charge on any atom is 0.328 e. The van der Waals surface area contributed by atoms with Gasteiger partial charge in [0.1, 0.15) is 5.75 Å². The van der Waals surface area contributed by atoms with Gasteiger partial charge < -0.3 is 15.6 Å². The van der Waals surface area contributed by atoms with Crippen molar-refractivity contribution in [3.8, 4) is 5.75 Å². The SMILES string of the molecule is CC(COc1c(Br)cc(/C=C/C(=O)O)cc1Br)C(N)=O. The van der Waals surface area contributed by atoms with E-state index >= 15 is 0 Å². The van der Waals surface area contributed by atoms with Crippen molar-refractivity contribution < 1.29 is 19.4 Å². The van der Waals surface area contributed by atoms with Crippen LogP contribution in [0.15, 0.2) is 27.2 Å². The van der Waals surface area contributed by atoms with Crippen LogP contribution in [0.1, 0.15) is 12.5 Å². The number of hydrogen-bond donors (Lipinski definition) is 2. The molecule has 7 heteroatoms. The van der Waals surface area contributed by atoms with Gasteiger partial charge in [0.2, 0.25) is 5.91 Å². The molecule has 1 unspecified atom stereocenters. The van der Waals surface area contributed by atoms with Crippen molar-refractivity contribution in [2.45, 2.75) is 6.92 Å². The lowest BCUT2D eigenvalue weighted by Gasteiger charge is -2.13. The monoisotopic (exact) mass is 405 g/mol. The highest BCUT2D eigenvalue weighted by atomic mass is 79.9. The summed E-state index contributed by atoms with van der Waals surface area (Å²) in [6.45, 7) is 1.84. The zero-order valence-corrected chi connectivity index (χ0v) is 13.8. The molecular weight excluding hydrogens is 394 g/mol.